The van der Waals surface area contributed by atoms with Crippen LogP contribution in [0.5, 0.6) is 0 Å². The summed E-state index contributed by atoms with van der Waals surface area (Å²) in [6, 6.07) is 7.30. The standard InChI is InChI=1S/C16H23N3O/c1-3-8-18-9-11-19(12-10-18)16(20)15(17)14-6-4-13(2)5-7-14/h3-7,15H,1,8-12,17H2,2H3. The van der Waals surface area contributed by atoms with E-state index in [1.807, 2.05) is 42.2 Å². The van der Waals surface area contributed by atoms with E-state index in [9.17, 15) is 4.79 Å². The second-order valence-corrected chi connectivity index (χ2v) is 5.30. The highest BCUT2D eigenvalue weighted by Gasteiger charge is 2.25. The Balaban J connectivity index is 1.94. The van der Waals surface area contributed by atoms with Gasteiger partial charge in [-0.15, -0.1) is 6.58 Å². The fourth-order valence-corrected chi connectivity index (χ4v) is 2.45. The van der Waals surface area contributed by atoms with Crippen LogP contribution in [0.25, 0.3) is 0 Å². The van der Waals surface area contributed by atoms with Gasteiger partial charge in [0.05, 0.1) is 0 Å². The van der Waals surface area contributed by atoms with E-state index in [1.54, 1.807) is 0 Å². The van der Waals surface area contributed by atoms with Crippen molar-refractivity contribution in [2.45, 2.75) is 13.0 Å². The summed E-state index contributed by atoms with van der Waals surface area (Å²) in [4.78, 5) is 16.6. The number of carbonyl (C=O) groups excluding carboxylic acids is 1. The fraction of sp³-hybridized carbons (Fsp3) is 0.438. The zero-order valence-electron chi connectivity index (χ0n) is 12.1. The maximum absolute atomic E-state index is 12.4. The molecule has 1 aliphatic heterocycles. The molecule has 0 aromatic heterocycles. The van der Waals surface area contributed by atoms with Crippen LogP contribution in [-0.4, -0.2) is 48.4 Å². The Hall–Kier alpha value is -1.65. The van der Waals surface area contributed by atoms with Gasteiger partial charge >= 0.3 is 0 Å². The number of aryl methyl sites for hydroxylation is 1. The van der Waals surface area contributed by atoms with Gasteiger partial charge in [-0.2, -0.15) is 0 Å². The van der Waals surface area contributed by atoms with Crippen molar-refractivity contribution in [2.24, 2.45) is 5.73 Å². The predicted molar refractivity (Wildman–Crippen MR) is 81.3 cm³/mol. The number of benzene rings is 1. The molecule has 0 saturated carbocycles. The van der Waals surface area contributed by atoms with E-state index in [-0.39, 0.29) is 5.91 Å². The van der Waals surface area contributed by atoms with Crippen LogP contribution in [0.1, 0.15) is 17.2 Å². The Kier molecular flexibility index (Phi) is 4.93. The minimum absolute atomic E-state index is 0.0205. The summed E-state index contributed by atoms with van der Waals surface area (Å²) in [5.41, 5.74) is 8.15. The molecule has 108 valence electrons. The second-order valence-electron chi connectivity index (χ2n) is 5.30. The molecule has 20 heavy (non-hydrogen) atoms. The Morgan fingerprint density at radius 3 is 2.45 bits per heavy atom. The maximum Gasteiger partial charge on any atom is 0.244 e. The third-order valence-corrected chi connectivity index (χ3v) is 3.77. The average Bonchev–Trinajstić information content (AvgIpc) is 2.48. The molecule has 1 saturated heterocycles. The average molecular weight is 273 g/mol. The van der Waals surface area contributed by atoms with Crippen LogP contribution in [0.15, 0.2) is 36.9 Å². The zero-order chi connectivity index (χ0) is 14.5. The van der Waals surface area contributed by atoms with Crippen molar-refractivity contribution >= 4 is 5.91 Å². The van der Waals surface area contributed by atoms with Gasteiger partial charge in [-0.05, 0) is 12.5 Å². The third kappa shape index (κ3) is 3.46. The fourth-order valence-electron chi connectivity index (χ4n) is 2.45. The lowest BCUT2D eigenvalue weighted by atomic mass is 10.0. The van der Waals surface area contributed by atoms with Crippen LogP contribution >= 0.6 is 0 Å². The Bertz CT molecular complexity index is 461. The van der Waals surface area contributed by atoms with E-state index in [0.29, 0.717) is 0 Å². The van der Waals surface area contributed by atoms with Crippen molar-refractivity contribution in [3.8, 4) is 0 Å². The van der Waals surface area contributed by atoms with Crippen LogP contribution in [0, 0.1) is 6.92 Å². The number of carbonyl (C=O) groups is 1. The zero-order valence-corrected chi connectivity index (χ0v) is 12.1. The largest absolute Gasteiger partial charge is 0.338 e. The minimum atomic E-state index is -0.554. The normalized spacial score (nSPS) is 17.8. The van der Waals surface area contributed by atoms with Gasteiger partial charge in [0.15, 0.2) is 0 Å². The molecule has 2 N–H and O–H groups in total. The molecule has 1 aromatic carbocycles. The molecule has 1 aliphatic rings. The molecule has 1 atom stereocenters. The Morgan fingerprint density at radius 2 is 1.90 bits per heavy atom. The monoisotopic (exact) mass is 273 g/mol. The number of nitrogens with two attached hydrogens (primary N) is 1. The molecular weight excluding hydrogens is 250 g/mol. The van der Waals surface area contributed by atoms with Gasteiger partial charge in [0.25, 0.3) is 0 Å². The Labute approximate surface area is 120 Å². The quantitative estimate of drug-likeness (QED) is 0.842. The van der Waals surface area contributed by atoms with E-state index in [4.69, 9.17) is 5.73 Å². The van der Waals surface area contributed by atoms with E-state index < -0.39 is 6.04 Å². The number of amides is 1. The van der Waals surface area contributed by atoms with E-state index >= 15 is 0 Å². The molecule has 0 bridgehead atoms. The first-order valence-corrected chi connectivity index (χ1v) is 7.06. The first-order valence-electron chi connectivity index (χ1n) is 7.06. The SMILES string of the molecule is C=CCN1CCN(C(=O)C(N)c2ccc(C)cc2)CC1. The number of hydrogen-bond acceptors (Lipinski definition) is 3. The lowest BCUT2D eigenvalue weighted by Crippen LogP contribution is -2.50. The highest BCUT2D eigenvalue weighted by molar-refractivity contribution is 5.83. The molecule has 2 rings (SSSR count). The minimum Gasteiger partial charge on any atom is -0.338 e. The van der Waals surface area contributed by atoms with Gasteiger partial charge in [0.2, 0.25) is 5.91 Å². The van der Waals surface area contributed by atoms with Gasteiger partial charge < -0.3 is 10.6 Å². The molecule has 0 aliphatic carbocycles. The number of piperazine rings is 1. The summed E-state index contributed by atoms with van der Waals surface area (Å²) in [5.74, 6) is 0.0205. The predicted octanol–water partition coefficient (Wildman–Crippen LogP) is 1.33. The molecule has 1 aromatic rings. The topological polar surface area (TPSA) is 49.6 Å². The smallest absolute Gasteiger partial charge is 0.244 e. The van der Waals surface area contributed by atoms with Crippen LogP contribution in [0.2, 0.25) is 0 Å². The van der Waals surface area contributed by atoms with Crippen molar-refractivity contribution in [3.05, 3.63) is 48.0 Å². The second kappa shape index (κ2) is 6.68. The third-order valence-electron chi connectivity index (χ3n) is 3.77. The van der Waals surface area contributed by atoms with Crippen molar-refractivity contribution in [1.29, 1.82) is 0 Å². The summed E-state index contributed by atoms with van der Waals surface area (Å²) >= 11 is 0. The maximum atomic E-state index is 12.4. The Morgan fingerprint density at radius 1 is 1.30 bits per heavy atom. The van der Waals surface area contributed by atoms with Crippen molar-refractivity contribution in [1.82, 2.24) is 9.80 Å². The van der Waals surface area contributed by atoms with Crippen LogP contribution in [0.4, 0.5) is 0 Å². The lowest BCUT2D eigenvalue weighted by molar-refractivity contribution is -0.134. The lowest BCUT2D eigenvalue weighted by Gasteiger charge is -2.35. The molecule has 0 radical (unpaired) electrons. The molecule has 1 fully saturated rings. The summed E-state index contributed by atoms with van der Waals surface area (Å²) in [7, 11) is 0. The molecule has 4 nitrogen and oxygen atoms in total. The van der Waals surface area contributed by atoms with E-state index in [0.717, 1.165) is 38.3 Å². The van der Waals surface area contributed by atoms with Crippen molar-refractivity contribution in [2.75, 3.05) is 32.7 Å². The van der Waals surface area contributed by atoms with Gasteiger partial charge in [-0.3, -0.25) is 9.69 Å². The number of rotatable bonds is 4. The number of nitrogens with zero attached hydrogens (tertiary/aromatic N) is 2. The first kappa shape index (κ1) is 14.8. The van der Waals surface area contributed by atoms with Crippen molar-refractivity contribution in [3.63, 3.8) is 0 Å². The molecule has 1 heterocycles. The first-order chi connectivity index (χ1) is 9.61. The highest BCUT2D eigenvalue weighted by atomic mass is 16.2. The molecule has 4 heteroatoms. The highest BCUT2D eigenvalue weighted by Crippen LogP contribution is 2.15. The van der Waals surface area contributed by atoms with Crippen LogP contribution in [0.3, 0.4) is 0 Å². The number of hydrogen-bond donors (Lipinski definition) is 1. The van der Waals surface area contributed by atoms with Crippen LogP contribution < -0.4 is 5.73 Å². The van der Waals surface area contributed by atoms with Gasteiger partial charge in [-0.1, -0.05) is 35.9 Å². The summed E-state index contributed by atoms with van der Waals surface area (Å²) in [5, 5.41) is 0. The molecule has 1 unspecified atom stereocenters. The van der Waals surface area contributed by atoms with Gasteiger partial charge in [0.1, 0.15) is 6.04 Å². The molecule has 1 amide bonds. The van der Waals surface area contributed by atoms with E-state index in [2.05, 4.69) is 11.5 Å². The van der Waals surface area contributed by atoms with Crippen molar-refractivity contribution < 1.29 is 4.79 Å². The van der Waals surface area contributed by atoms with Gasteiger partial charge in [0, 0.05) is 32.7 Å². The molecule has 0 spiro atoms. The van der Waals surface area contributed by atoms with E-state index in [1.165, 1.54) is 5.56 Å². The summed E-state index contributed by atoms with van der Waals surface area (Å²) < 4.78 is 0. The summed E-state index contributed by atoms with van der Waals surface area (Å²) in [6.07, 6.45) is 1.90. The van der Waals surface area contributed by atoms with Gasteiger partial charge in [-0.25, -0.2) is 0 Å². The summed E-state index contributed by atoms with van der Waals surface area (Å²) in [6.45, 7) is 9.91. The molecular formula is C16H23N3O. The van der Waals surface area contributed by atoms with Crippen LogP contribution in [-0.2, 0) is 4.79 Å².